The Morgan fingerprint density at radius 2 is 1.60 bits per heavy atom. The van der Waals surface area contributed by atoms with E-state index in [1.165, 1.54) is 31.1 Å². The number of hydrogen-bond donors (Lipinski definition) is 0. The molecule has 5 rings (SSSR count). The Labute approximate surface area is 195 Å². The maximum Gasteiger partial charge on any atom is 0.160 e. The van der Waals surface area contributed by atoms with Gasteiger partial charge in [-0.3, -0.25) is 0 Å². The molecule has 30 heavy (non-hydrogen) atoms. The maximum absolute atomic E-state index is 6.85. The smallest absolute Gasteiger partial charge is 0.160 e. The van der Waals surface area contributed by atoms with Crippen molar-refractivity contribution in [1.82, 2.24) is 9.55 Å². The van der Waals surface area contributed by atoms with Crippen LogP contribution < -0.4 is 5.46 Å². The number of alkyl halides is 3. The molecule has 0 aliphatic heterocycles. The van der Waals surface area contributed by atoms with Gasteiger partial charge in [0.05, 0.1) is 6.33 Å². The lowest BCUT2D eigenvalue weighted by Crippen LogP contribution is -2.47. The molecule has 1 aromatic heterocycles. The topological polar surface area (TPSA) is 17.8 Å². The van der Waals surface area contributed by atoms with Crippen molar-refractivity contribution < 1.29 is 0 Å². The molecule has 2 saturated carbocycles. The second-order valence-corrected chi connectivity index (χ2v) is 10.8. The number of hydrogen-bond acceptors (Lipinski definition) is 1. The van der Waals surface area contributed by atoms with Crippen LogP contribution in [0.4, 0.5) is 0 Å². The first-order valence-corrected chi connectivity index (χ1v) is 12.1. The fourth-order valence-electron chi connectivity index (χ4n) is 4.61. The van der Waals surface area contributed by atoms with Crippen LogP contribution in [-0.4, -0.2) is 26.0 Å². The van der Waals surface area contributed by atoms with Gasteiger partial charge in [-0.2, -0.15) is 0 Å². The van der Waals surface area contributed by atoms with E-state index < -0.39 is 9.21 Å². The Morgan fingerprint density at radius 1 is 0.900 bits per heavy atom. The molecular weight excluding hydrogens is 433 g/mol. The molecule has 2 aromatic rings. The zero-order chi connectivity index (χ0) is 21.0. The van der Waals surface area contributed by atoms with Crippen molar-refractivity contribution in [3.8, 4) is 0 Å². The SMILES string of the molecule is ClC1(Cl)C=CC=CC1(Cl)C1CCC(Bc2ccccc2)CC1.c1cn(C2CC2)cn1. The molecule has 2 nitrogen and oxygen atoms in total. The minimum Gasteiger partial charge on any atom is -0.334 e. The van der Waals surface area contributed by atoms with Gasteiger partial charge in [-0.05, 0) is 37.7 Å². The lowest BCUT2D eigenvalue weighted by atomic mass is 9.53. The fourth-order valence-corrected chi connectivity index (χ4v) is 5.55. The zero-order valence-electron chi connectivity index (χ0n) is 17.1. The molecule has 3 aliphatic rings. The highest BCUT2D eigenvalue weighted by molar-refractivity contribution is 6.56. The van der Waals surface area contributed by atoms with E-state index in [2.05, 4.69) is 39.9 Å². The van der Waals surface area contributed by atoms with Crippen LogP contribution >= 0.6 is 34.8 Å². The van der Waals surface area contributed by atoms with Gasteiger partial charge in [0.25, 0.3) is 0 Å². The van der Waals surface area contributed by atoms with Gasteiger partial charge in [-0.1, -0.05) is 95.9 Å². The maximum atomic E-state index is 6.85. The van der Waals surface area contributed by atoms with E-state index in [1.54, 1.807) is 6.08 Å². The molecular formula is C24H28BCl3N2. The normalized spacial score (nSPS) is 29.7. The van der Waals surface area contributed by atoms with E-state index >= 15 is 0 Å². The summed E-state index contributed by atoms with van der Waals surface area (Å²) in [6.45, 7) is 0. The van der Waals surface area contributed by atoms with Crippen LogP contribution in [0.3, 0.4) is 0 Å². The van der Waals surface area contributed by atoms with Gasteiger partial charge < -0.3 is 4.57 Å². The summed E-state index contributed by atoms with van der Waals surface area (Å²) >= 11 is 19.8. The van der Waals surface area contributed by atoms with E-state index in [-0.39, 0.29) is 0 Å². The third-order valence-electron chi connectivity index (χ3n) is 6.57. The molecule has 1 atom stereocenters. The van der Waals surface area contributed by atoms with Crippen molar-refractivity contribution >= 4 is 47.5 Å². The zero-order valence-corrected chi connectivity index (χ0v) is 19.4. The molecule has 0 saturated heterocycles. The highest BCUT2D eigenvalue weighted by Gasteiger charge is 2.51. The highest BCUT2D eigenvalue weighted by Crippen LogP contribution is 2.53. The third kappa shape index (κ3) is 5.18. The van der Waals surface area contributed by atoms with Gasteiger partial charge in [0.15, 0.2) is 11.6 Å². The first-order chi connectivity index (χ1) is 14.5. The average Bonchev–Trinajstić information content (AvgIpc) is 3.46. The summed E-state index contributed by atoms with van der Waals surface area (Å²) in [6.07, 6.45) is 20.6. The first-order valence-electron chi connectivity index (χ1n) is 10.9. The Hall–Kier alpha value is -1.16. The first kappa shape index (κ1) is 22.1. The van der Waals surface area contributed by atoms with Gasteiger partial charge in [-0.25, -0.2) is 4.98 Å². The highest BCUT2D eigenvalue weighted by atomic mass is 35.5. The van der Waals surface area contributed by atoms with Crippen LogP contribution in [-0.2, 0) is 0 Å². The van der Waals surface area contributed by atoms with Crippen LogP contribution in [0, 0.1) is 5.92 Å². The molecule has 1 aromatic carbocycles. The molecule has 0 radical (unpaired) electrons. The summed E-state index contributed by atoms with van der Waals surface area (Å²) in [5.41, 5.74) is 1.43. The molecule has 0 amide bonds. The van der Waals surface area contributed by atoms with E-state index in [9.17, 15) is 0 Å². The quantitative estimate of drug-likeness (QED) is 0.390. The van der Waals surface area contributed by atoms with Crippen molar-refractivity contribution in [2.24, 2.45) is 5.92 Å². The Morgan fingerprint density at radius 3 is 2.20 bits per heavy atom. The summed E-state index contributed by atoms with van der Waals surface area (Å²) in [4.78, 5) is 3.27. The summed E-state index contributed by atoms with van der Waals surface area (Å²) in [5, 5.41) is 0. The number of rotatable bonds is 4. The molecule has 158 valence electrons. The van der Waals surface area contributed by atoms with Gasteiger partial charge in [0, 0.05) is 18.4 Å². The third-order valence-corrected chi connectivity index (χ3v) is 8.37. The number of imidazole rings is 1. The summed E-state index contributed by atoms with van der Waals surface area (Å²) in [5.74, 6) is 1.07. The van der Waals surface area contributed by atoms with Crippen LogP contribution in [0.5, 0.6) is 0 Å². The number of nitrogens with zero attached hydrogens (tertiary/aromatic N) is 2. The van der Waals surface area contributed by atoms with Crippen molar-refractivity contribution in [2.45, 2.75) is 59.6 Å². The van der Waals surface area contributed by atoms with Crippen LogP contribution in [0.15, 0.2) is 73.4 Å². The van der Waals surface area contributed by atoms with Crippen molar-refractivity contribution in [1.29, 1.82) is 0 Å². The molecule has 6 heteroatoms. The number of halogens is 3. The molecule has 1 heterocycles. The Balaban J connectivity index is 0.000000225. The summed E-state index contributed by atoms with van der Waals surface area (Å²) in [7, 11) is 1.16. The summed E-state index contributed by atoms with van der Waals surface area (Å²) < 4.78 is 1.15. The standard InChI is InChI=1S/C18H20BCl3.C6H8N2/c20-17(12-4-5-13-18(17,21)22)14-8-10-16(11-9-14)19-15-6-2-1-3-7-15;1-2-6(1)8-4-3-7-5-8/h1-7,12-14,16,19H,8-11H2;3-6H,1-2H2. The van der Waals surface area contributed by atoms with Gasteiger partial charge in [-0.15, -0.1) is 11.6 Å². The molecule has 0 bridgehead atoms. The lowest BCUT2D eigenvalue weighted by Gasteiger charge is -2.44. The van der Waals surface area contributed by atoms with Crippen molar-refractivity contribution in [2.75, 3.05) is 0 Å². The lowest BCUT2D eigenvalue weighted by molar-refractivity contribution is 0.298. The van der Waals surface area contributed by atoms with Gasteiger partial charge in [0.1, 0.15) is 4.87 Å². The minimum absolute atomic E-state index is 0.331. The van der Waals surface area contributed by atoms with E-state index in [0.717, 1.165) is 32.0 Å². The minimum atomic E-state index is -1.01. The second kappa shape index (κ2) is 9.55. The van der Waals surface area contributed by atoms with Gasteiger partial charge in [0.2, 0.25) is 0 Å². The molecule has 0 spiro atoms. The van der Waals surface area contributed by atoms with Crippen LogP contribution in [0.25, 0.3) is 0 Å². The molecule has 2 fully saturated rings. The Kier molecular flexibility index (Phi) is 7.02. The van der Waals surface area contributed by atoms with E-state index in [1.807, 2.05) is 36.9 Å². The van der Waals surface area contributed by atoms with E-state index in [4.69, 9.17) is 34.8 Å². The van der Waals surface area contributed by atoms with Crippen LogP contribution in [0.2, 0.25) is 5.82 Å². The molecule has 0 N–H and O–H groups in total. The van der Waals surface area contributed by atoms with Crippen molar-refractivity contribution in [3.05, 3.63) is 73.4 Å². The number of benzene rings is 1. The fraction of sp³-hybridized carbons (Fsp3) is 0.458. The largest absolute Gasteiger partial charge is 0.334 e. The predicted octanol–water partition coefficient (Wildman–Crippen LogP) is 6.22. The molecule has 3 aliphatic carbocycles. The van der Waals surface area contributed by atoms with Gasteiger partial charge >= 0.3 is 0 Å². The summed E-state index contributed by atoms with van der Waals surface area (Å²) in [6, 6.07) is 11.5. The second-order valence-electron chi connectivity index (χ2n) is 8.76. The number of aromatic nitrogens is 2. The monoisotopic (exact) mass is 460 g/mol. The van der Waals surface area contributed by atoms with E-state index in [0.29, 0.717) is 5.92 Å². The Bertz CT molecular complexity index is 854. The average molecular weight is 462 g/mol. The molecule has 1 unspecified atom stereocenters. The van der Waals surface area contributed by atoms with Crippen LogP contribution in [0.1, 0.15) is 44.6 Å². The predicted molar refractivity (Wildman–Crippen MR) is 131 cm³/mol. The van der Waals surface area contributed by atoms with Crippen molar-refractivity contribution in [3.63, 3.8) is 0 Å². The number of allylic oxidation sites excluding steroid dienone is 4.